The number of aromatic nitrogens is 1. The van der Waals surface area contributed by atoms with Crippen LogP contribution in [0.3, 0.4) is 0 Å². The molecule has 0 aliphatic carbocycles. The first-order chi connectivity index (χ1) is 7.31. The number of hydrogen-bond acceptors (Lipinski definition) is 1. The predicted molar refractivity (Wildman–Crippen MR) is 62.3 cm³/mol. The molecule has 2 rings (SSSR count). The van der Waals surface area contributed by atoms with E-state index in [-0.39, 0.29) is 0 Å². The summed E-state index contributed by atoms with van der Waals surface area (Å²) >= 11 is 3.35. The molecule has 0 aliphatic heterocycles. The van der Waals surface area contributed by atoms with E-state index in [1.165, 1.54) is 6.07 Å². The second-order valence-electron chi connectivity index (χ2n) is 3.16. The van der Waals surface area contributed by atoms with Gasteiger partial charge in [-0.25, -0.2) is 4.98 Å². The van der Waals surface area contributed by atoms with Gasteiger partial charge >= 0.3 is 0 Å². The average molecular weight is 266 g/mol. The highest BCUT2D eigenvalue weighted by molar-refractivity contribution is 9.08. The maximum Gasteiger partial charge on any atom is 0.213 e. The lowest BCUT2D eigenvalue weighted by molar-refractivity contribution is 0.583. The molecule has 0 N–H and O–H groups in total. The van der Waals surface area contributed by atoms with Crippen LogP contribution in [-0.2, 0) is 5.33 Å². The molecule has 0 atom stereocenters. The molecule has 1 aromatic heterocycles. The molecule has 0 saturated heterocycles. The van der Waals surface area contributed by atoms with Gasteiger partial charge in [-0.2, -0.15) is 4.39 Å². The summed E-state index contributed by atoms with van der Waals surface area (Å²) in [6.07, 6.45) is 1.57. The Morgan fingerprint density at radius 2 is 1.93 bits per heavy atom. The molecular weight excluding hydrogens is 257 g/mol. The van der Waals surface area contributed by atoms with Gasteiger partial charge in [-0.3, -0.25) is 0 Å². The summed E-state index contributed by atoms with van der Waals surface area (Å²) in [6.45, 7) is 0. The van der Waals surface area contributed by atoms with Crippen molar-refractivity contribution < 1.29 is 4.39 Å². The molecule has 0 fully saturated rings. The Bertz CT molecular complexity index is 456. The van der Waals surface area contributed by atoms with Gasteiger partial charge in [0.15, 0.2) is 0 Å². The smallest absolute Gasteiger partial charge is 0.213 e. The van der Waals surface area contributed by atoms with Gasteiger partial charge in [-0.1, -0.05) is 46.3 Å². The summed E-state index contributed by atoms with van der Waals surface area (Å²) in [5, 5.41) is 0.622. The molecule has 0 saturated carbocycles. The second-order valence-corrected chi connectivity index (χ2v) is 3.72. The highest BCUT2D eigenvalue weighted by atomic mass is 79.9. The first kappa shape index (κ1) is 10.3. The van der Waals surface area contributed by atoms with Crippen LogP contribution in [0.2, 0.25) is 0 Å². The van der Waals surface area contributed by atoms with E-state index in [1.807, 2.05) is 30.3 Å². The summed E-state index contributed by atoms with van der Waals surface area (Å²) in [5.74, 6) is -0.441. The van der Waals surface area contributed by atoms with Crippen LogP contribution in [0.25, 0.3) is 11.1 Å². The van der Waals surface area contributed by atoms with E-state index in [2.05, 4.69) is 20.9 Å². The van der Waals surface area contributed by atoms with Gasteiger partial charge in [0.25, 0.3) is 0 Å². The Morgan fingerprint density at radius 3 is 2.60 bits per heavy atom. The van der Waals surface area contributed by atoms with E-state index >= 15 is 0 Å². The zero-order valence-electron chi connectivity index (χ0n) is 7.95. The van der Waals surface area contributed by atoms with E-state index in [4.69, 9.17) is 0 Å². The quantitative estimate of drug-likeness (QED) is 0.595. The topological polar surface area (TPSA) is 12.9 Å². The Labute approximate surface area is 96.1 Å². The summed E-state index contributed by atoms with van der Waals surface area (Å²) in [5.41, 5.74) is 2.93. The van der Waals surface area contributed by atoms with Crippen LogP contribution in [-0.4, -0.2) is 4.98 Å². The summed E-state index contributed by atoms with van der Waals surface area (Å²) < 4.78 is 12.9. The van der Waals surface area contributed by atoms with Crippen molar-refractivity contribution in [3.63, 3.8) is 0 Å². The van der Waals surface area contributed by atoms with Crippen molar-refractivity contribution >= 4 is 15.9 Å². The van der Waals surface area contributed by atoms with E-state index in [1.54, 1.807) is 6.20 Å². The van der Waals surface area contributed by atoms with Gasteiger partial charge in [0.05, 0.1) is 0 Å². The molecule has 1 aromatic carbocycles. The molecule has 2 aromatic rings. The summed E-state index contributed by atoms with van der Waals surface area (Å²) in [4.78, 5) is 3.68. The molecule has 0 spiro atoms. The number of pyridine rings is 1. The molecular formula is C12H9BrFN. The van der Waals surface area contributed by atoms with Gasteiger partial charge in [-0.05, 0) is 17.2 Å². The number of hydrogen-bond donors (Lipinski definition) is 0. The molecule has 0 unspecified atom stereocenters. The minimum atomic E-state index is -0.441. The molecule has 0 radical (unpaired) electrons. The minimum absolute atomic E-state index is 0.441. The number of alkyl halides is 1. The number of nitrogens with zero attached hydrogens (tertiary/aromatic N) is 1. The van der Waals surface area contributed by atoms with Gasteiger partial charge in [0.1, 0.15) is 0 Å². The third-order valence-electron chi connectivity index (χ3n) is 2.19. The van der Waals surface area contributed by atoms with Crippen LogP contribution in [0.4, 0.5) is 4.39 Å². The Morgan fingerprint density at radius 1 is 1.20 bits per heavy atom. The normalized spacial score (nSPS) is 10.3. The van der Waals surface area contributed by atoms with Crippen molar-refractivity contribution in [1.82, 2.24) is 4.98 Å². The number of benzene rings is 1. The minimum Gasteiger partial charge on any atom is -0.228 e. The SMILES string of the molecule is Fc1cc(CBr)c(-c2ccccc2)cn1. The molecule has 1 nitrogen and oxygen atoms in total. The highest BCUT2D eigenvalue weighted by Gasteiger charge is 2.05. The van der Waals surface area contributed by atoms with E-state index in [9.17, 15) is 4.39 Å². The molecule has 0 bridgehead atoms. The van der Waals surface area contributed by atoms with Crippen LogP contribution in [0.5, 0.6) is 0 Å². The standard InChI is InChI=1S/C12H9BrFN/c13-7-10-6-12(14)15-8-11(10)9-4-2-1-3-5-9/h1-6,8H,7H2. The Balaban J connectivity index is 2.53. The van der Waals surface area contributed by atoms with Crippen LogP contribution in [0, 0.1) is 5.95 Å². The van der Waals surface area contributed by atoms with Gasteiger partial charge in [0.2, 0.25) is 5.95 Å². The molecule has 3 heteroatoms. The molecule has 0 amide bonds. The van der Waals surface area contributed by atoms with E-state index in [0.29, 0.717) is 5.33 Å². The fourth-order valence-corrected chi connectivity index (χ4v) is 1.92. The van der Waals surface area contributed by atoms with Crippen molar-refractivity contribution in [3.05, 3.63) is 54.1 Å². The van der Waals surface area contributed by atoms with Gasteiger partial charge in [0, 0.05) is 17.1 Å². The van der Waals surface area contributed by atoms with Crippen LogP contribution in [0.1, 0.15) is 5.56 Å². The third-order valence-corrected chi connectivity index (χ3v) is 2.79. The molecule has 76 valence electrons. The number of halogens is 2. The average Bonchev–Trinajstić information content (AvgIpc) is 2.30. The van der Waals surface area contributed by atoms with Crippen molar-refractivity contribution in [2.45, 2.75) is 5.33 Å². The Hall–Kier alpha value is -1.22. The molecule has 1 heterocycles. The van der Waals surface area contributed by atoms with Crippen LogP contribution >= 0.6 is 15.9 Å². The first-order valence-electron chi connectivity index (χ1n) is 4.57. The van der Waals surface area contributed by atoms with Crippen molar-refractivity contribution in [1.29, 1.82) is 0 Å². The monoisotopic (exact) mass is 265 g/mol. The molecule has 0 aliphatic rings. The zero-order chi connectivity index (χ0) is 10.7. The lowest BCUT2D eigenvalue weighted by Gasteiger charge is -2.06. The lowest BCUT2D eigenvalue weighted by atomic mass is 10.0. The third kappa shape index (κ3) is 2.23. The Kier molecular flexibility index (Phi) is 3.11. The summed E-state index contributed by atoms with van der Waals surface area (Å²) in [6, 6.07) is 11.3. The fourth-order valence-electron chi connectivity index (χ4n) is 1.46. The van der Waals surface area contributed by atoms with Crippen LogP contribution < -0.4 is 0 Å². The number of rotatable bonds is 2. The largest absolute Gasteiger partial charge is 0.228 e. The molecule has 15 heavy (non-hydrogen) atoms. The van der Waals surface area contributed by atoms with Gasteiger partial charge in [-0.15, -0.1) is 0 Å². The lowest BCUT2D eigenvalue weighted by Crippen LogP contribution is -1.91. The first-order valence-corrected chi connectivity index (χ1v) is 5.69. The zero-order valence-corrected chi connectivity index (χ0v) is 9.54. The van der Waals surface area contributed by atoms with Crippen molar-refractivity contribution in [3.8, 4) is 11.1 Å². The maximum atomic E-state index is 12.9. The van der Waals surface area contributed by atoms with Crippen molar-refractivity contribution in [2.75, 3.05) is 0 Å². The highest BCUT2D eigenvalue weighted by Crippen LogP contribution is 2.24. The second kappa shape index (κ2) is 4.53. The van der Waals surface area contributed by atoms with E-state index < -0.39 is 5.95 Å². The van der Waals surface area contributed by atoms with E-state index in [0.717, 1.165) is 16.7 Å². The summed E-state index contributed by atoms with van der Waals surface area (Å²) in [7, 11) is 0. The maximum absolute atomic E-state index is 12.9. The van der Waals surface area contributed by atoms with Crippen LogP contribution in [0.15, 0.2) is 42.6 Å². The predicted octanol–water partition coefficient (Wildman–Crippen LogP) is 3.78. The van der Waals surface area contributed by atoms with Crippen molar-refractivity contribution in [2.24, 2.45) is 0 Å². The van der Waals surface area contributed by atoms with Gasteiger partial charge < -0.3 is 0 Å². The fraction of sp³-hybridized carbons (Fsp3) is 0.0833.